The van der Waals surface area contributed by atoms with E-state index in [1.54, 1.807) is 0 Å². The maximum absolute atomic E-state index is 10.7. The normalized spacial score (nSPS) is 18.6. The molecule has 18 heavy (non-hydrogen) atoms. The van der Waals surface area contributed by atoms with E-state index < -0.39 is 6.09 Å². The minimum atomic E-state index is -0.957. The van der Waals surface area contributed by atoms with Crippen LogP contribution in [0.2, 0.25) is 5.02 Å². The van der Waals surface area contributed by atoms with Gasteiger partial charge in [0, 0.05) is 27.7 Å². The molecule has 0 saturated carbocycles. The first-order valence-electron chi connectivity index (χ1n) is 5.92. The molecule has 2 aromatic rings. The minimum Gasteiger partial charge on any atom is -0.465 e. The number of aromatic amines is 1. The molecular formula is C13H13ClN2O2. The fraction of sp³-hybridized carbons (Fsp3) is 0.308. The zero-order valence-corrected chi connectivity index (χ0v) is 10.4. The van der Waals surface area contributed by atoms with Crippen molar-refractivity contribution in [2.45, 2.75) is 25.3 Å². The molecule has 0 radical (unpaired) electrons. The Morgan fingerprint density at radius 1 is 1.50 bits per heavy atom. The van der Waals surface area contributed by atoms with Crippen LogP contribution in [0, 0.1) is 0 Å². The monoisotopic (exact) mass is 264 g/mol. The number of hydrogen-bond acceptors (Lipinski definition) is 1. The zero-order valence-electron chi connectivity index (χ0n) is 9.66. The molecule has 1 unspecified atom stereocenters. The summed E-state index contributed by atoms with van der Waals surface area (Å²) in [5.41, 5.74) is 3.47. The van der Waals surface area contributed by atoms with E-state index in [0.717, 1.165) is 30.2 Å². The lowest BCUT2D eigenvalue weighted by Crippen LogP contribution is -2.37. The number of aromatic nitrogens is 1. The van der Waals surface area contributed by atoms with E-state index in [-0.39, 0.29) is 6.04 Å². The number of aryl methyl sites for hydroxylation is 1. The Morgan fingerprint density at radius 2 is 2.33 bits per heavy atom. The molecule has 1 aliphatic carbocycles. The molecule has 3 N–H and O–H groups in total. The van der Waals surface area contributed by atoms with Crippen molar-refractivity contribution < 1.29 is 9.90 Å². The fourth-order valence-electron chi connectivity index (χ4n) is 2.69. The quantitative estimate of drug-likeness (QED) is 0.741. The van der Waals surface area contributed by atoms with Crippen LogP contribution in [-0.2, 0) is 12.8 Å². The predicted octanol–water partition coefficient (Wildman–Crippen LogP) is 2.95. The summed E-state index contributed by atoms with van der Waals surface area (Å²) in [5, 5.41) is 13.2. The number of halogens is 1. The Balaban J connectivity index is 2.00. The Bertz CT molecular complexity index is 621. The number of carbonyl (C=O) groups is 1. The maximum Gasteiger partial charge on any atom is 0.404 e. The van der Waals surface area contributed by atoms with Crippen LogP contribution in [0.3, 0.4) is 0 Å². The van der Waals surface area contributed by atoms with Gasteiger partial charge in [-0.15, -0.1) is 0 Å². The third-order valence-corrected chi connectivity index (χ3v) is 3.71. The van der Waals surface area contributed by atoms with E-state index in [1.165, 1.54) is 11.3 Å². The molecular weight excluding hydrogens is 252 g/mol. The molecule has 1 aromatic carbocycles. The zero-order chi connectivity index (χ0) is 12.7. The van der Waals surface area contributed by atoms with Gasteiger partial charge in [0.05, 0.1) is 0 Å². The molecule has 5 heteroatoms. The van der Waals surface area contributed by atoms with E-state index in [1.807, 2.05) is 18.2 Å². The van der Waals surface area contributed by atoms with Crippen LogP contribution in [0.15, 0.2) is 18.2 Å². The third kappa shape index (κ3) is 1.93. The summed E-state index contributed by atoms with van der Waals surface area (Å²) in [5.74, 6) is 0. The second-order valence-electron chi connectivity index (χ2n) is 4.66. The van der Waals surface area contributed by atoms with Gasteiger partial charge in [-0.05, 0) is 43.0 Å². The van der Waals surface area contributed by atoms with Gasteiger partial charge in [0.25, 0.3) is 0 Å². The molecule has 1 aromatic heterocycles. The van der Waals surface area contributed by atoms with Crippen LogP contribution in [0.25, 0.3) is 10.9 Å². The molecule has 1 atom stereocenters. The molecule has 0 saturated heterocycles. The Kier molecular flexibility index (Phi) is 2.67. The summed E-state index contributed by atoms with van der Waals surface area (Å²) < 4.78 is 0. The Labute approximate surface area is 109 Å². The first kappa shape index (κ1) is 11.4. The lowest BCUT2D eigenvalue weighted by Gasteiger charge is -2.22. The van der Waals surface area contributed by atoms with Gasteiger partial charge in [0.15, 0.2) is 0 Å². The van der Waals surface area contributed by atoms with Crippen molar-refractivity contribution in [1.29, 1.82) is 0 Å². The van der Waals surface area contributed by atoms with Gasteiger partial charge in [-0.3, -0.25) is 0 Å². The van der Waals surface area contributed by atoms with Crippen molar-refractivity contribution in [1.82, 2.24) is 10.3 Å². The fourth-order valence-corrected chi connectivity index (χ4v) is 2.86. The standard InChI is InChI=1S/C13H13ClN2O2/c14-7-1-3-11-9(5-7)10-6-8(15-13(17)18)2-4-12(10)16-11/h1,3,5,8,15-16H,2,4,6H2,(H,17,18). The molecule has 1 aliphatic rings. The number of H-pyrrole nitrogens is 1. The molecule has 0 spiro atoms. The smallest absolute Gasteiger partial charge is 0.404 e. The highest BCUT2D eigenvalue weighted by atomic mass is 35.5. The summed E-state index contributed by atoms with van der Waals surface area (Å²) >= 11 is 6.02. The number of amides is 1. The van der Waals surface area contributed by atoms with Gasteiger partial charge in [-0.1, -0.05) is 11.6 Å². The van der Waals surface area contributed by atoms with E-state index >= 15 is 0 Å². The summed E-state index contributed by atoms with van der Waals surface area (Å²) in [7, 11) is 0. The molecule has 3 rings (SSSR count). The first-order valence-corrected chi connectivity index (χ1v) is 6.29. The number of hydrogen-bond donors (Lipinski definition) is 3. The van der Waals surface area contributed by atoms with Crippen molar-refractivity contribution in [3.05, 3.63) is 34.5 Å². The molecule has 0 fully saturated rings. The van der Waals surface area contributed by atoms with Crippen LogP contribution in [0.4, 0.5) is 4.79 Å². The van der Waals surface area contributed by atoms with Gasteiger partial charge < -0.3 is 15.4 Å². The van der Waals surface area contributed by atoms with Gasteiger partial charge in [-0.25, -0.2) is 4.79 Å². The topological polar surface area (TPSA) is 65.1 Å². The Morgan fingerprint density at radius 3 is 3.11 bits per heavy atom. The number of nitrogens with one attached hydrogen (secondary N) is 2. The number of fused-ring (bicyclic) bond motifs is 3. The average molecular weight is 265 g/mol. The summed E-state index contributed by atoms with van der Waals surface area (Å²) in [4.78, 5) is 14.1. The lowest BCUT2D eigenvalue weighted by molar-refractivity contribution is 0.188. The minimum absolute atomic E-state index is 0.00650. The van der Waals surface area contributed by atoms with Gasteiger partial charge in [-0.2, -0.15) is 0 Å². The predicted molar refractivity (Wildman–Crippen MR) is 70.3 cm³/mol. The molecule has 1 heterocycles. The van der Waals surface area contributed by atoms with Crippen LogP contribution in [0.1, 0.15) is 17.7 Å². The van der Waals surface area contributed by atoms with Crippen molar-refractivity contribution >= 4 is 28.6 Å². The lowest BCUT2D eigenvalue weighted by atomic mass is 9.91. The van der Waals surface area contributed by atoms with Crippen LogP contribution in [-0.4, -0.2) is 22.2 Å². The van der Waals surface area contributed by atoms with Crippen molar-refractivity contribution in [3.63, 3.8) is 0 Å². The van der Waals surface area contributed by atoms with Crippen molar-refractivity contribution in [2.75, 3.05) is 0 Å². The van der Waals surface area contributed by atoms with Gasteiger partial charge in [0.1, 0.15) is 0 Å². The van der Waals surface area contributed by atoms with Crippen LogP contribution >= 0.6 is 11.6 Å². The second kappa shape index (κ2) is 4.21. The maximum atomic E-state index is 10.7. The molecule has 0 bridgehead atoms. The van der Waals surface area contributed by atoms with Crippen molar-refractivity contribution in [2.24, 2.45) is 0 Å². The molecule has 0 aliphatic heterocycles. The Hall–Kier alpha value is -1.68. The number of carboxylic acid groups (broad SMARTS) is 1. The number of rotatable bonds is 1. The molecule has 1 amide bonds. The van der Waals surface area contributed by atoms with Crippen LogP contribution in [0.5, 0.6) is 0 Å². The highest BCUT2D eigenvalue weighted by Crippen LogP contribution is 2.30. The first-order chi connectivity index (χ1) is 8.63. The SMILES string of the molecule is O=C(O)NC1CCc2[nH]c3ccc(Cl)cc3c2C1. The summed E-state index contributed by atoms with van der Waals surface area (Å²) in [6.45, 7) is 0. The highest BCUT2D eigenvalue weighted by molar-refractivity contribution is 6.31. The van der Waals surface area contributed by atoms with Crippen molar-refractivity contribution in [3.8, 4) is 0 Å². The van der Waals surface area contributed by atoms with Crippen LogP contribution < -0.4 is 5.32 Å². The number of benzene rings is 1. The van der Waals surface area contributed by atoms with E-state index in [9.17, 15) is 4.79 Å². The summed E-state index contributed by atoms with van der Waals surface area (Å²) in [6, 6.07) is 5.76. The highest BCUT2D eigenvalue weighted by Gasteiger charge is 2.23. The van der Waals surface area contributed by atoms with E-state index in [2.05, 4.69) is 10.3 Å². The molecule has 94 valence electrons. The van der Waals surface area contributed by atoms with Gasteiger partial charge >= 0.3 is 6.09 Å². The second-order valence-corrected chi connectivity index (χ2v) is 5.10. The molecule has 4 nitrogen and oxygen atoms in total. The average Bonchev–Trinajstić information content (AvgIpc) is 2.66. The van der Waals surface area contributed by atoms with E-state index in [4.69, 9.17) is 16.7 Å². The van der Waals surface area contributed by atoms with Gasteiger partial charge in [0.2, 0.25) is 0 Å². The van der Waals surface area contributed by atoms with E-state index in [0.29, 0.717) is 5.02 Å². The largest absolute Gasteiger partial charge is 0.465 e. The third-order valence-electron chi connectivity index (χ3n) is 3.48. The summed E-state index contributed by atoms with van der Waals surface area (Å²) in [6.07, 6.45) is 1.47.